The van der Waals surface area contributed by atoms with Crippen molar-refractivity contribution in [3.05, 3.63) is 41.2 Å². The topological polar surface area (TPSA) is 49.8 Å². The molecule has 0 radical (unpaired) electrons. The number of benzene rings is 1. The maximum atomic E-state index is 13.6. The van der Waals surface area contributed by atoms with Gasteiger partial charge in [-0.3, -0.25) is 4.90 Å². The molecule has 0 amide bonds. The zero-order chi connectivity index (χ0) is 15.8. The fourth-order valence-electron chi connectivity index (χ4n) is 2.14. The Balaban J connectivity index is 2.88. The summed E-state index contributed by atoms with van der Waals surface area (Å²) in [5.41, 5.74) is 1.22. The third kappa shape index (κ3) is 5.65. The minimum Gasteiger partial charge on any atom is -0.478 e. The molecule has 1 N–H and O–H groups in total. The Kier molecular flexibility index (Phi) is 7.05. The van der Waals surface area contributed by atoms with Crippen molar-refractivity contribution >= 4 is 12.0 Å². The molecule has 0 saturated heterocycles. The molecule has 0 fully saturated rings. The molecule has 5 heteroatoms. The zero-order valence-electron chi connectivity index (χ0n) is 12.7. The van der Waals surface area contributed by atoms with Gasteiger partial charge in [0.15, 0.2) is 0 Å². The highest BCUT2D eigenvalue weighted by Gasteiger charge is 2.13. The SMILES string of the molecule is CCN(Cc1ccc(F)c(C=CC(=O)O)c1)C(C)COC. The Bertz CT molecular complexity index is 502. The standard InChI is InChI=1S/C16H22FNO3/c1-4-18(12(2)11-21-3)10-13-5-7-15(17)14(9-13)6-8-16(19)20/h5-9,12H,4,10-11H2,1-3H3,(H,19,20). The summed E-state index contributed by atoms with van der Waals surface area (Å²) in [4.78, 5) is 12.7. The predicted octanol–water partition coefficient (Wildman–Crippen LogP) is 2.78. The van der Waals surface area contributed by atoms with Crippen molar-refractivity contribution in [1.82, 2.24) is 4.90 Å². The number of ether oxygens (including phenoxy) is 1. The summed E-state index contributed by atoms with van der Waals surface area (Å²) in [6, 6.07) is 5.02. The molecule has 0 spiro atoms. The molecule has 0 aliphatic carbocycles. The van der Waals surface area contributed by atoms with Crippen LogP contribution in [-0.4, -0.2) is 42.3 Å². The number of likely N-dealkylation sites (N-methyl/N-ethyl adjacent to an activating group) is 1. The largest absolute Gasteiger partial charge is 0.478 e. The van der Waals surface area contributed by atoms with E-state index in [4.69, 9.17) is 9.84 Å². The summed E-state index contributed by atoms with van der Waals surface area (Å²) in [6.07, 6.45) is 2.21. The average Bonchev–Trinajstić information content (AvgIpc) is 2.44. The van der Waals surface area contributed by atoms with Crippen LogP contribution in [0.1, 0.15) is 25.0 Å². The summed E-state index contributed by atoms with van der Waals surface area (Å²) >= 11 is 0. The molecule has 116 valence electrons. The fourth-order valence-corrected chi connectivity index (χ4v) is 2.14. The van der Waals surface area contributed by atoms with Gasteiger partial charge in [0.2, 0.25) is 0 Å². The monoisotopic (exact) mass is 295 g/mol. The van der Waals surface area contributed by atoms with Crippen LogP contribution in [0.15, 0.2) is 24.3 Å². The molecule has 0 aromatic heterocycles. The van der Waals surface area contributed by atoms with Gasteiger partial charge in [0.1, 0.15) is 5.82 Å². The van der Waals surface area contributed by atoms with Crippen molar-refractivity contribution < 1.29 is 19.0 Å². The van der Waals surface area contributed by atoms with Gasteiger partial charge in [0.05, 0.1) is 6.61 Å². The van der Waals surface area contributed by atoms with Crippen LogP contribution in [0, 0.1) is 5.82 Å². The number of hydrogen-bond acceptors (Lipinski definition) is 3. The van der Waals surface area contributed by atoms with Crippen LogP contribution in [0.25, 0.3) is 6.08 Å². The van der Waals surface area contributed by atoms with Crippen LogP contribution >= 0.6 is 0 Å². The summed E-state index contributed by atoms with van der Waals surface area (Å²) in [6.45, 7) is 6.26. The number of halogens is 1. The number of carboxylic acid groups (broad SMARTS) is 1. The van der Waals surface area contributed by atoms with Crippen LogP contribution < -0.4 is 0 Å². The molecule has 0 aliphatic heterocycles. The van der Waals surface area contributed by atoms with Gasteiger partial charge in [-0.25, -0.2) is 9.18 Å². The number of carbonyl (C=O) groups is 1. The van der Waals surface area contributed by atoms with Gasteiger partial charge in [0, 0.05) is 31.3 Å². The van der Waals surface area contributed by atoms with E-state index in [2.05, 4.69) is 18.7 Å². The second kappa shape index (κ2) is 8.54. The zero-order valence-corrected chi connectivity index (χ0v) is 12.7. The summed E-state index contributed by atoms with van der Waals surface area (Å²) < 4.78 is 18.8. The first-order valence-corrected chi connectivity index (χ1v) is 6.90. The predicted molar refractivity (Wildman–Crippen MR) is 80.5 cm³/mol. The third-order valence-corrected chi connectivity index (χ3v) is 3.29. The van der Waals surface area contributed by atoms with Crippen molar-refractivity contribution in [2.75, 3.05) is 20.3 Å². The Morgan fingerprint density at radius 1 is 1.52 bits per heavy atom. The van der Waals surface area contributed by atoms with E-state index in [0.717, 1.165) is 18.2 Å². The number of aliphatic carboxylic acids is 1. The van der Waals surface area contributed by atoms with Crippen molar-refractivity contribution in [2.24, 2.45) is 0 Å². The van der Waals surface area contributed by atoms with Gasteiger partial charge in [-0.15, -0.1) is 0 Å². The second-order valence-electron chi connectivity index (χ2n) is 4.89. The van der Waals surface area contributed by atoms with Gasteiger partial charge in [-0.1, -0.05) is 13.0 Å². The van der Waals surface area contributed by atoms with E-state index in [-0.39, 0.29) is 11.6 Å². The number of hydrogen-bond donors (Lipinski definition) is 1. The molecule has 0 saturated carbocycles. The Morgan fingerprint density at radius 2 is 2.24 bits per heavy atom. The highest BCUT2D eigenvalue weighted by molar-refractivity contribution is 5.85. The third-order valence-electron chi connectivity index (χ3n) is 3.29. The smallest absolute Gasteiger partial charge is 0.328 e. The van der Waals surface area contributed by atoms with Gasteiger partial charge in [-0.2, -0.15) is 0 Å². The van der Waals surface area contributed by atoms with Gasteiger partial charge < -0.3 is 9.84 Å². The van der Waals surface area contributed by atoms with Crippen LogP contribution in [0.5, 0.6) is 0 Å². The number of carboxylic acids is 1. The molecule has 1 atom stereocenters. The maximum absolute atomic E-state index is 13.6. The molecule has 1 unspecified atom stereocenters. The molecule has 1 aromatic rings. The lowest BCUT2D eigenvalue weighted by atomic mass is 10.1. The van der Waals surface area contributed by atoms with Crippen molar-refractivity contribution in [3.8, 4) is 0 Å². The summed E-state index contributed by atoms with van der Waals surface area (Å²) in [5, 5.41) is 8.62. The highest BCUT2D eigenvalue weighted by atomic mass is 19.1. The van der Waals surface area contributed by atoms with Crippen LogP contribution in [0.2, 0.25) is 0 Å². The van der Waals surface area contributed by atoms with Crippen LogP contribution in [0.3, 0.4) is 0 Å². The molecule has 0 bridgehead atoms. The van der Waals surface area contributed by atoms with Crippen LogP contribution in [-0.2, 0) is 16.1 Å². The normalized spacial score (nSPS) is 13.0. The average molecular weight is 295 g/mol. The number of rotatable bonds is 8. The molecule has 1 aromatic carbocycles. The van der Waals surface area contributed by atoms with Gasteiger partial charge >= 0.3 is 5.97 Å². The minimum atomic E-state index is -1.09. The van der Waals surface area contributed by atoms with Gasteiger partial charge in [0.25, 0.3) is 0 Å². The highest BCUT2D eigenvalue weighted by Crippen LogP contribution is 2.15. The Labute approximate surface area is 124 Å². The fraction of sp³-hybridized carbons (Fsp3) is 0.438. The molecular weight excluding hydrogens is 273 g/mol. The second-order valence-corrected chi connectivity index (χ2v) is 4.89. The first kappa shape index (κ1) is 17.3. The molecule has 0 heterocycles. The molecule has 21 heavy (non-hydrogen) atoms. The van der Waals surface area contributed by atoms with Crippen molar-refractivity contribution in [2.45, 2.75) is 26.4 Å². The maximum Gasteiger partial charge on any atom is 0.328 e. The summed E-state index contributed by atoms with van der Waals surface area (Å²) in [7, 11) is 1.66. The van der Waals surface area contributed by atoms with E-state index in [0.29, 0.717) is 13.2 Å². The van der Waals surface area contributed by atoms with E-state index in [1.807, 2.05) is 0 Å². The molecular formula is C16H22FNO3. The van der Waals surface area contributed by atoms with Gasteiger partial charge in [-0.05, 0) is 37.2 Å². The number of methoxy groups -OCH3 is 1. The molecule has 4 nitrogen and oxygen atoms in total. The first-order chi connectivity index (χ1) is 9.97. The lowest BCUT2D eigenvalue weighted by Crippen LogP contribution is -2.35. The van der Waals surface area contributed by atoms with E-state index >= 15 is 0 Å². The molecule has 1 rings (SSSR count). The van der Waals surface area contributed by atoms with Crippen molar-refractivity contribution in [3.63, 3.8) is 0 Å². The molecule has 0 aliphatic rings. The Morgan fingerprint density at radius 3 is 2.81 bits per heavy atom. The minimum absolute atomic E-state index is 0.253. The summed E-state index contributed by atoms with van der Waals surface area (Å²) in [5.74, 6) is -1.52. The van der Waals surface area contributed by atoms with E-state index < -0.39 is 11.8 Å². The van der Waals surface area contributed by atoms with E-state index in [9.17, 15) is 9.18 Å². The van der Waals surface area contributed by atoms with E-state index in [1.165, 1.54) is 12.1 Å². The Hall–Kier alpha value is -1.72. The number of nitrogens with zero attached hydrogens (tertiary/aromatic N) is 1. The lowest BCUT2D eigenvalue weighted by molar-refractivity contribution is -0.131. The quantitative estimate of drug-likeness (QED) is 0.749. The lowest BCUT2D eigenvalue weighted by Gasteiger charge is -2.27. The van der Waals surface area contributed by atoms with Crippen molar-refractivity contribution in [1.29, 1.82) is 0 Å². The van der Waals surface area contributed by atoms with E-state index in [1.54, 1.807) is 19.2 Å². The first-order valence-electron chi connectivity index (χ1n) is 6.90. The van der Waals surface area contributed by atoms with Crippen LogP contribution in [0.4, 0.5) is 4.39 Å².